The number of rotatable bonds is 19. The highest BCUT2D eigenvalue weighted by Gasteiger charge is 2.31. The van der Waals surface area contributed by atoms with Crippen molar-refractivity contribution in [2.75, 3.05) is 0 Å². The third-order valence-electron chi connectivity index (χ3n) is 6.51. The summed E-state index contributed by atoms with van der Waals surface area (Å²) in [6.07, 6.45) is 8.64. The smallest absolute Gasteiger partial charge is 0.326 e. The molecule has 38 heavy (non-hydrogen) atoms. The topological polar surface area (TPSA) is 125 Å². The van der Waals surface area contributed by atoms with Crippen LogP contribution in [0.15, 0.2) is 30.3 Å². The summed E-state index contributed by atoms with van der Waals surface area (Å²) < 4.78 is 0. The number of hydrogen-bond donors (Lipinski definition) is 4. The van der Waals surface area contributed by atoms with Crippen molar-refractivity contribution in [3.63, 3.8) is 0 Å². The Morgan fingerprint density at radius 1 is 0.763 bits per heavy atom. The third-order valence-corrected chi connectivity index (χ3v) is 6.51. The van der Waals surface area contributed by atoms with Crippen LogP contribution in [0.5, 0.6) is 0 Å². The molecular formula is C30H49N3O5. The summed E-state index contributed by atoms with van der Waals surface area (Å²) in [5, 5.41) is 17.7. The predicted octanol–water partition coefficient (Wildman–Crippen LogP) is 4.61. The van der Waals surface area contributed by atoms with Crippen molar-refractivity contribution in [1.29, 1.82) is 0 Å². The standard InChI is InChI=1S/C30H49N3O5/c1-6-7-8-9-10-11-15-18-26(34)31-25(20-23-16-13-12-14-17-23)28(35)32-24(19-21(2)3)29(36)33-27(22(4)5)30(37)38/h12-14,16-17,21-22,24-25,27H,6-11,15,18-20H2,1-5H3,(H,31,34)(H,32,35)(H,33,36)(H,37,38). The normalized spacial score (nSPS) is 13.6. The van der Waals surface area contributed by atoms with Gasteiger partial charge in [-0.2, -0.15) is 0 Å². The maximum Gasteiger partial charge on any atom is 0.326 e. The van der Waals surface area contributed by atoms with Crippen LogP contribution in [0.25, 0.3) is 0 Å². The molecule has 8 heteroatoms. The van der Waals surface area contributed by atoms with Gasteiger partial charge in [0.05, 0.1) is 0 Å². The number of carboxylic acid groups (broad SMARTS) is 1. The first-order valence-corrected chi connectivity index (χ1v) is 14.2. The predicted molar refractivity (Wildman–Crippen MR) is 150 cm³/mol. The summed E-state index contributed by atoms with van der Waals surface area (Å²) in [5.74, 6) is -2.55. The Morgan fingerprint density at radius 2 is 1.34 bits per heavy atom. The minimum absolute atomic E-state index is 0.0767. The minimum Gasteiger partial charge on any atom is -0.480 e. The van der Waals surface area contributed by atoms with Gasteiger partial charge in [-0.15, -0.1) is 0 Å². The molecule has 3 amide bonds. The van der Waals surface area contributed by atoms with Gasteiger partial charge in [-0.1, -0.05) is 103 Å². The first kappa shape index (κ1) is 33.1. The van der Waals surface area contributed by atoms with E-state index in [0.29, 0.717) is 12.8 Å². The van der Waals surface area contributed by atoms with Gasteiger partial charge in [-0.05, 0) is 30.2 Å². The Bertz CT molecular complexity index is 857. The van der Waals surface area contributed by atoms with E-state index < -0.39 is 35.9 Å². The van der Waals surface area contributed by atoms with Gasteiger partial charge in [0.2, 0.25) is 17.7 Å². The summed E-state index contributed by atoms with van der Waals surface area (Å²) >= 11 is 0. The van der Waals surface area contributed by atoms with Crippen molar-refractivity contribution in [3.05, 3.63) is 35.9 Å². The summed E-state index contributed by atoms with van der Waals surface area (Å²) in [4.78, 5) is 50.8. The van der Waals surface area contributed by atoms with Crippen molar-refractivity contribution in [2.45, 2.75) is 117 Å². The number of carboxylic acids is 1. The molecule has 1 aromatic carbocycles. The number of aliphatic carboxylic acids is 1. The van der Waals surface area contributed by atoms with Crippen LogP contribution in [-0.4, -0.2) is 46.9 Å². The van der Waals surface area contributed by atoms with Gasteiger partial charge in [0, 0.05) is 12.8 Å². The zero-order valence-electron chi connectivity index (χ0n) is 23.9. The Balaban J connectivity index is 2.89. The molecule has 0 heterocycles. The van der Waals surface area contributed by atoms with E-state index in [2.05, 4.69) is 22.9 Å². The molecular weight excluding hydrogens is 482 g/mol. The van der Waals surface area contributed by atoms with E-state index >= 15 is 0 Å². The second-order valence-corrected chi connectivity index (χ2v) is 10.9. The lowest BCUT2D eigenvalue weighted by molar-refractivity contribution is -0.143. The monoisotopic (exact) mass is 531 g/mol. The molecule has 0 spiro atoms. The third kappa shape index (κ3) is 13.6. The molecule has 0 radical (unpaired) electrons. The van der Waals surface area contributed by atoms with Crippen molar-refractivity contribution >= 4 is 23.7 Å². The Kier molecular flexibility index (Phi) is 16.0. The molecule has 8 nitrogen and oxygen atoms in total. The molecule has 0 aliphatic carbocycles. The second kappa shape index (κ2) is 18.4. The van der Waals surface area contributed by atoms with Crippen molar-refractivity contribution in [3.8, 4) is 0 Å². The van der Waals surface area contributed by atoms with Crippen LogP contribution in [0.4, 0.5) is 0 Å². The quantitative estimate of drug-likeness (QED) is 0.194. The molecule has 214 valence electrons. The Hall–Kier alpha value is -2.90. The number of carbonyl (C=O) groups excluding carboxylic acids is 3. The first-order chi connectivity index (χ1) is 18.0. The van der Waals surface area contributed by atoms with Gasteiger partial charge in [0.15, 0.2) is 0 Å². The van der Waals surface area contributed by atoms with Crippen LogP contribution in [0.1, 0.15) is 98.0 Å². The van der Waals surface area contributed by atoms with E-state index in [1.807, 2.05) is 44.2 Å². The fourth-order valence-corrected chi connectivity index (χ4v) is 4.31. The van der Waals surface area contributed by atoms with Gasteiger partial charge in [-0.25, -0.2) is 4.79 Å². The molecule has 3 atom stereocenters. The molecule has 0 aliphatic heterocycles. The van der Waals surface area contributed by atoms with Crippen LogP contribution in [0.3, 0.4) is 0 Å². The zero-order valence-corrected chi connectivity index (χ0v) is 23.9. The largest absolute Gasteiger partial charge is 0.480 e. The van der Waals surface area contributed by atoms with Gasteiger partial charge in [0.1, 0.15) is 18.1 Å². The van der Waals surface area contributed by atoms with Crippen molar-refractivity contribution in [2.24, 2.45) is 11.8 Å². The van der Waals surface area contributed by atoms with Crippen molar-refractivity contribution in [1.82, 2.24) is 16.0 Å². The number of benzene rings is 1. The lowest BCUT2D eigenvalue weighted by atomic mass is 9.99. The summed E-state index contributed by atoms with van der Waals surface area (Å²) in [5.41, 5.74) is 0.888. The average molecular weight is 532 g/mol. The number of hydrogen-bond acceptors (Lipinski definition) is 4. The number of carbonyl (C=O) groups is 4. The maximum atomic E-state index is 13.4. The highest BCUT2D eigenvalue weighted by Crippen LogP contribution is 2.11. The fraction of sp³-hybridized carbons (Fsp3) is 0.667. The Labute approximate surface area is 228 Å². The highest BCUT2D eigenvalue weighted by atomic mass is 16.4. The molecule has 0 saturated heterocycles. The second-order valence-electron chi connectivity index (χ2n) is 10.9. The van der Waals surface area contributed by atoms with Crippen LogP contribution in [-0.2, 0) is 25.6 Å². The molecule has 0 aliphatic rings. The summed E-state index contributed by atoms with van der Waals surface area (Å²) in [6, 6.07) is 6.58. The van der Waals surface area contributed by atoms with Gasteiger partial charge >= 0.3 is 5.97 Å². The molecule has 1 aromatic rings. The van der Waals surface area contributed by atoms with E-state index in [0.717, 1.165) is 24.8 Å². The van der Waals surface area contributed by atoms with Crippen molar-refractivity contribution < 1.29 is 24.3 Å². The maximum absolute atomic E-state index is 13.4. The van der Waals surface area contributed by atoms with E-state index in [9.17, 15) is 24.3 Å². The summed E-state index contributed by atoms with van der Waals surface area (Å²) in [6.45, 7) is 9.46. The van der Waals surface area contributed by atoms with Crippen LogP contribution in [0.2, 0.25) is 0 Å². The fourth-order valence-electron chi connectivity index (χ4n) is 4.31. The number of nitrogens with one attached hydrogen (secondary N) is 3. The van der Waals surface area contributed by atoms with E-state index in [1.54, 1.807) is 13.8 Å². The number of unbranched alkanes of at least 4 members (excludes halogenated alkanes) is 6. The first-order valence-electron chi connectivity index (χ1n) is 14.2. The summed E-state index contributed by atoms with van der Waals surface area (Å²) in [7, 11) is 0. The molecule has 0 aromatic heterocycles. The number of amides is 3. The van der Waals surface area contributed by atoms with Gasteiger partial charge in [-0.3, -0.25) is 14.4 Å². The molecule has 1 rings (SSSR count). The SMILES string of the molecule is CCCCCCCCCC(=O)NC(Cc1ccccc1)C(=O)NC(CC(C)C)C(=O)NC(C(=O)O)C(C)C. The zero-order chi connectivity index (χ0) is 28.5. The van der Waals surface area contributed by atoms with Gasteiger partial charge < -0.3 is 21.1 Å². The minimum atomic E-state index is -1.12. The van der Waals surface area contributed by atoms with Crippen LogP contribution in [0, 0.1) is 11.8 Å². The van der Waals surface area contributed by atoms with E-state index in [4.69, 9.17) is 0 Å². The lowest BCUT2D eigenvalue weighted by Gasteiger charge is -2.26. The molecule has 0 fully saturated rings. The Morgan fingerprint density at radius 3 is 1.89 bits per heavy atom. The molecule has 4 N–H and O–H groups in total. The molecule has 0 saturated carbocycles. The van der Waals surface area contributed by atoms with E-state index in [1.165, 1.54) is 25.7 Å². The highest BCUT2D eigenvalue weighted by molar-refractivity contribution is 5.93. The molecule has 3 unspecified atom stereocenters. The average Bonchev–Trinajstić information content (AvgIpc) is 2.85. The van der Waals surface area contributed by atoms with Crippen LogP contribution < -0.4 is 16.0 Å². The van der Waals surface area contributed by atoms with Gasteiger partial charge in [0.25, 0.3) is 0 Å². The van der Waals surface area contributed by atoms with E-state index in [-0.39, 0.29) is 24.2 Å². The molecule has 0 bridgehead atoms. The van der Waals surface area contributed by atoms with Crippen LogP contribution >= 0.6 is 0 Å². The lowest BCUT2D eigenvalue weighted by Crippen LogP contribution is -2.57.